The van der Waals surface area contributed by atoms with Crippen LogP contribution < -0.4 is 16.2 Å². The van der Waals surface area contributed by atoms with Crippen LogP contribution in [0.4, 0.5) is 0 Å². The molecule has 1 amide bonds. The van der Waals surface area contributed by atoms with Crippen LogP contribution in [0.25, 0.3) is 5.70 Å². The van der Waals surface area contributed by atoms with Crippen molar-refractivity contribution in [1.29, 1.82) is 0 Å². The molecule has 276 valence electrons. The van der Waals surface area contributed by atoms with Gasteiger partial charge in [-0.25, -0.2) is 4.99 Å². The molecule has 51 heavy (non-hydrogen) atoms. The highest BCUT2D eigenvalue weighted by Gasteiger charge is 2.51. The number of carbonyl (C=O) groups excluding carboxylic acids is 4. The van der Waals surface area contributed by atoms with Gasteiger partial charge in [0, 0.05) is 61.3 Å². The number of phenols is 1. The van der Waals surface area contributed by atoms with Crippen molar-refractivity contribution in [2.75, 3.05) is 7.11 Å². The highest BCUT2D eigenvalue weighted by Crippen LogP contribution is 2.49. The molecule has 5 rings (SSSR count). The van der Waals surface area contributed by atoms with Crippen LogP contribution in [0.2, 0.25) is 0 Å². The number of hydrogen-bond acceptors (Lipinski definition) is 13. The number of hydrogen-bond donors (Lipinski definition) is 5. The molecule has 1 aromatic rings. The van der Waals surface area contributed by atoms with Crippen LogP contribution in [-0.2, 0) is 23.8 Å². The van der Waals surface area contributed by atoms with Crippen molar-refractivity contribution < 1.29 is 53.4 Å². The van der Waals surface area contributed by atoms with Gasteiger partial charge in [-0.05, 0) is 19.9 Å². The number of rotatable bonds is 2. The molecule has 14 heteroatoms. The summed E-state index contributed by atoms with van der Waals surface area (Å²) in [7, 11) is 1.43. The van der Waals surface area contributed by atoms with Gasteiger partial charge in [-0.15, -0.1) is 0 Å². The van der Waals surface area contributed by atoms with Crippen LogP contribution in [-0.4, -0.2) is 81.8 Å². The molecule has 0 spiro atoms. The van der Waals surface area contributed by atoms with E-state index in [0.717, 1.165) is 0 Å². The molecule has 0 radical (unpaired) electrons. The first-order valence-corrected chi connectivity index (χ1v) is 16.6. The van der Waals surface area contributed by atoms with Gasteiger partial charge in [-0.2, -0.15) is 0 Å². The normalized spacial score (nSPS) is 34.2. The van der Waals surface area contributed by atoms with Crippen molar-refractivity contribution in [2.24, 2.45) is 40.1 Å². The number of amides is 1. The number of benzene rings is 1. The highest BCUT2D eigenvalue weighted by atomic mass is 16.7. The maximum Gasteiger partial charge on any atom is 0.312 e. The summed E-state index contributed by atoms with van der Waals surface area (Å²) >= 11 is 0. The van der Waals surface area contributed by atoms with Gasteiger partial charge in [-0.1, -0.05) is 45.9 Å². The second-order valence-corrected chi connectivity index (χ2v) is 13.6. The van der Waals surface area contributed by atoms with Gasteiger partial charge in [0.05, 0.1) is 47.1 Å². The molecule has 1 aromatic carbocycles. The van der Waals surface area contributed by atoms with Gasteiger partial charge in [0.2, 0.25) is 5.78 Å². The Morgan fingerprint density at radius 2 is 1.59 bits per heavy atom. The molecule has 0 aromatic heterocycles. The molecule has 14 nitrogen and oxygen atoms in total. The van der Waals surface area contributed by atoms with Crippen LogP contribution in [0.15, 0.2) is 46.8 Å². The van der Waals surface area contributed by atoms with Crippen LogP contribution >= 0.6 is 0 Å². The SMILES string of the molecule is CO[C@H]1/C=C/O[C@@]2(C)Oc3c(C)c(O)c4c(c3C2=O)C(N)=C(N)C(=NC(=O)/C(C)=C\C=C\[C@H](C)[C@H](O)[C@@H](C)[C@H](O)[C@@H](C)[C@H](OC(C)=O)[C@@H]1C)C4=O. The Bertz CT molecular complexity index is 1790. The van der Waals surface area contributed by atoms with E-state index in [2.05, 4.69) is 4.99 Å². The van der Waals surface area contributed by atoms with Crippen LogP contribution in [0.1, 0.15) is 80.3 Å². The average Bonchev–Trinajstić information content (AvgIpc) is 3.35. The Balaban J connectivity index is 1.89. The molecule has 5 bridgehead atoms. The molecule has 0 saturated heterocycles. The molecule has 1 aliphatic carbocycles. The number of aliphatic hydroxyl groups excluding tert-OH is 2. The Hall–Kier alpha value is -4.79. The number of esters is 1. The number of phenolic OH excluding ortho intramolecular Hbond substituents is 1. The number of fused-ring (bicyclic) bond motifs is 13. The van der Waals surface area contributed by atoms with Crippen molar-refractivity contribution in [2.45, 2.75) is 85.6 Å². The monoisotopic (exact) mass is 709 g/mol. The van der Waals surface area contributed by atoms with E-state index < -0.39 is 88.8 Å². The number of Topliss-reactive ketones (excluding diaryl/α,β-unsaturated/α-hetero) is 2. The average molecular weight is 710 g/mol. The first kappa shape index (κ1) is 39.0. The molecule has 4 aliphatic rings. The zero-order valence-electron chi connectivity index (χ0n) is 30.2. The standard InChI is InChI=1S/C37H47N3O11/c1-15-11-10-12-16(2)36(47)40-28-27(39)26(38)23-24(32(28)45)31(44)20(6)34-25(23)35(46)37(8,51-34)49-14-13-22(48-9)17(3)33(50-21(7)41)19(5)30(43)18(4)29(15)42/h10-15,17-19,22,29-30,33,42-44H,38-39H2,1-9H3/b11-10+,14-13+,16-12-,40-28?/t15-,17+,18+,19+,22-,29-,30-,33+,37-/m0/s1. The van der Waals surface area contributed by atoms with E-state index in [1.165, 1.54) is 59.3 Å². The number of ketones is 2. The van der Waals surface area contributed by atoms with Crippen molar-refractivity contribution in [1.82, 2.24) is 0 Å². The minimum absolute atomic E-state index is 0.0399. The van der Waals surface area contributed by atoms with Crippen molar-refractivity contribution in [3.63, 3.8) is 0 Å². The number of allylic oxidation sites excluding steroid dienone is 3. The number of nitrogens with zero attached hydrogens (tertiary/aromatic N) is 1. The number of methoxy groups -OCH3 is 1. The Morgan fingerprint density at radius 3 is 2.20 bits per heavy atom. The lowest BCUT2D eigenvalue weighted by molar-refractivity contribution is -0.160. The second kappa shape index (κ2) is 14.8. The smallest absolute Gasteiger partial charge is 0.312 e. The number of aliphatic hydroxyl groups is 2. The molecule has 3 heterocycles. The maximum atomic E-state index is 14.0. The first-order valence-electron chi connectivity index (χ1n) is 16.6. The number of aliphatic imine (C=N–C) groups is 1. The van der Waals surface area contributed by atoms with E-state index >= 15 is 0 Å². The minimum atomic E-state index is -2.00. The maximum absolute atomic E-state index is 14.0. The van der Waals surface area contributed by atoms with Gasteiger partial charge in [0.1, 0.15) is 23.3 Å². The number of aromatic hydroxyl groups is 1. The first-order chi connectivity index (χ1) is 23.8. The third-order valence-electron chi connectivity index (χ3n) is 10.0. The van der Waals surface area contributed by atoms with E-state index in [-0.39, 0.29) is 45.0 Å². The summed E-state index contributed by atoms with van der Waals surface area (Å²) in [6.45, 7) is 12.4. The molecule has 9 atom stereocenters. The van der Waals surface area contributed by atoms with Gasteiger partial charge in [0.15, 0.2) is 0 Å². The van der Waals surface area contributed by atoms with E-state index in [1.54, 1.807) is 33.8 Å². The van der Waals surface area contributed by atoms with Crippen LogP contribution in [0, 0.1) is 30.6 Å². The van der Waals surface area contributed by atoms with E-state index in [1.807, 2.05) is 0 Å². The van der Waals surface area contributed by atoms with E-state index in [4.69, 9.17) is 30.4 Å². The van der Waals surface area contributed by atoms with Crippen molar-refractivity contribution >= 4 is 34.9 Å². The summed E-state index contributed by atoms with van der Waals surface area (Å²) in [5.74, 6) is -8.14. The highest BCUT2D eigenvalue weighted by molar-refractivity contribution is 6.56. The topological polar surface area (TPSA) is 230 Å². The molecule has 3 aliphatic heterocycles. The Labute approximate surface area is 296 Å². The zero-order chi connectivity index (χ0) is 38.3. The molecular weight excluding hydrogens is 662 g/mol. The molecule has 7 N–H and O–H groups in total. The summed E-state index contributed by atoms with van der Waals surface area (Å²) in [6, 6.07) is 0. The Kier molecular flexibility index (Phi) is 11.3. The summed E-state index contributed by atoms with van der Waals surface area (Å²) in [5.41, 5.74) is 11.0. The largest absolute Gasteiger partial charge is 0.507 e. The minimum Gasteiger partial charge on any atom is -0.507 e. The predicted molar refractivity (Wildman–Crippen MR) is 186 cm³/mol. The fourth-order valence-electron chi connectivity index (χ4n) is 6.72. The van der Waals surface area contributed by atoms with E-state index in [9.17, 15) is 34.5 Å². The number of ether oxygens (including phenoxy) is 4. The fourth-order valence-corrected chi connectivity index (χ4v) is 6.72. The van der Waals surface area contributed by atoms with Crippen molar-refractivity contribution in [3.8, 4) is 11.5 Å². The summed E-state index contributed by atoms with van der Waals surface area (Å²) in [6.07, 6.45) is 3.44. The Morgan fingerprint density at radius 1 is 0.941 bits per heavy atom. The summed E-state index contributed by atoms with van der Waals surface area (Å²) in [5, 5.41) is 33.8. The quantitative estimate of drug-likeness (QED) is 0.279. The van der Waals surface area contributed by atoms with E-state index in [0.29, 0.717) is 0 Å². The summed E-state index contributed by atoms with van der Waals surface area (Å²) in [4.78, 5) is 57.1. The summed E-state index contributed by atoms with van der Waals surface area (Å²) < 4.78 is 23.2. The number of nitrogens with two attached hydrogens (primary N) is 2. The van der Waals surface area contributed by atoms with Crippen LogP contribution in [0.3, 0.4) is 0 Å². The van der Waals surface area contributed by atoms with Gasteiger partial charge >= 0.3 is 11.8 Å². The molecule has 0 fully saturated rings. The van der Waals surface area contributed by atoms with Gasteiger partial charge in [-0.3, -0.25) is 19.2 Å². The fraction of sp³-hybridized carbons (Fsp3) is 0.486. The second-order valence-electron chi connectivity index (χ2n) is 13.6. The number of carbonyl (C=O) groups is 4. The van der Waals surface area contributed by atoms with Crippen molar-refractivity contribution in [3.05, 3.63) is 64.1 Å². The third-order valence-corrected chi connectivity index (χ3v) is 10.0. The molecule has 0 unspecified atom stereocenters. The lowest BCUT2D eigenvalue weighted by Gasteiger charge is -2.38. The zero-order valence-corrected chi connectivity index (χ0v) is 30.2. The lowest BCUT2D eigenvalue weighted by atomic mass is 9.78. The van der Waals surface area contributed by atoms with Gasteiger partial charge < -0.3 is 45.7 Å². The third kappa shape index (κ3) is 7.08. The lowest BCUT2D eigenvalue weighted by Crippen LogP contribution is -2.46. The molecule has 0 saturated carbocycles. The van der Waals surface area contributed by atoms with Crippen LogP contribution in [0.5, 0.6) is 11.5 Å². The molecular formula is C37H47N3O11. The predicted octanol–water partition coefficient (Wildman–Crippen LogP) is 3.00. The van der Waals surface area contributed by atoms with Gasteiger partial charge in [0.25, 0.3) is 11.7 Å².